The lowest BCUT2D eigenvalue weighted by atomic mass is 10.2. The van der Waals surface area contributed by atoms with Crippen LogP contribution in [0.3, 0.4) is 0 Å². The van der Waals surface area contributed by atoms with Crippen molar-refractivity contribution in [1.82, 2.24) is 4.68 Å². The molecule has 1 heterocycles. The van der Waals surface area contributed by atoms with Crippen LogP contribution in [0.15, 0.2) is 40.2 Å². The molecule has 0 spiro atoms. The van der Waals surface area contributed by atoms with Gasteiger partial charge in [-0.1, -0.05) is 11.6 Å². The Labute approximate surface area is 125 Å². The van der Waals surface area contributed by atoms with E-state index in [1.807, 2.05) is 13.0 Å². The number of pyridine rings is 1. The largest absolute Gasteiger partial charge is 0.271 e. The molecule has 0 amide bonds. The zero-order valence-corrected chi connectivity index (χ0v) is 12.2. The molecule has 0 aliphatic heterocycles. The summed E-state index contributed by atoms with van der Waals surface area (Å²) in [6.45, 7) is 3.57. The normalized spacial score (nSPS) is 11.0. The molecule has 6 nitrogen and oxygen atoms in total. The van der Waals surface area contributed by atoms with E-state index in [2.05, 4.69) is 5.10 Å². The van der Waals surface area contributed by atoms with Gasteiger partial charge in [0.1, 0.15) is 0 Å². The van der Waals surface area contributed by atoms with Crippen LogP contribution < -0.4 is 5.56 Å². The summed E-state index contributed by atoms with van der Waals surface area (Å²) in [6, 6.07) is 7.31. The van der Waals surface area contributed by atoms with Crippen LogP contribution in [0.4, 0.5) is 5.69 Å². The van der Waals surface area contributed by atoms with Crippen molar-refractivity contribution in [3.63, 3.8) is 0 Å². The van der Waals surface area contributed by atoms with E-state index in [4.69, 9.17) is 11.6 Å². The Balaban J connectivity index is 2.45. The van der Waals surface area contributed by atoms with E-state index in [1.165, 1.54) is 35.2 Å². The summed E-state index contributed by atoms with van der Waals surface area (Å²) in [6.07, 6.45) is 1.33. The summed E-state index contributed by atoms with van der Waals surface area (Å²) in [7, 11) is 0. The molecule has 2 rings (SSSR count). The predicted octanol–water partition coefficient (Wildman–Crippen LogP) is 2.91. The number of non-ortho nitro benzene ring substituents is 1. The molecule has 0 fully saturated rings. The molecule has 1 aromatic heterocycles. The van der Waals surface area contributed by atoms with Crippen LogP contribution >= 0.6 is 11.6 Å². The molecular formula is C14H12ClN3O3. The van der Waals surface area contributed by atoms with E-state index in [1.54, 1.807) is 6.92 Å². The third-order valence-electron chi connectivity index (χ3n) is 2.83. The molecule has 7 heteroatoms. The van der Waals surface area contributed by atoms with Gasteiger partial charge < -0.3 is 0 Å². The van der Waals surface area contributed by atoms with Crippen molar-refractivity contribution < 1.29 is 4.92 Å². The lowest BCUT2D eigenvalue weighted by Gasteiger charge is -2.04. The number of rotatable bonds is 3. The molecule has 0 saturated heterocycles. The Morgan fingerprint density at radius 2 is 2.00 bits per heavy atom. The van der Waals surface area contributed by atoms with Gasteiger partial charge >= 0.3 is 0 Å². The van der Waals surface area contributed by atoms with Gasteiger partial charge in [0.25, 0.3) is 11.2 Å². The third kappa shape index (κ3) is 3.35. The molecule has 2 aromatic rings. The van der Waals surface area contributed by atoms with E-state index in [-0.39, 0.29) is 11.2 Å². The Bertz CT molecular complexity index is 797. The van der Waals surface area contributed by atoms with Crippen LogP contribution in [0.1, 0.15) is 16.8 Å². The lowest BCUT2D eigenvalue weighted by Crippen LogP contribution is -2.18. The first-order valence-electron chi connectivity index (χ1n) is 6.07. The Kier molecular flexibility index (Phi) is 4.18. The van der Waals surface area contributed by atoms with Crippen LogP contribution in [0.5, 0.6) is 0 Å². The summed E-state index contributed by atoms with van der Waals surface area (Å²) >= 11 is 5.97. The summed E-state index contributed by atoms with van der Waals surface area (Å²) in [5.41, 5.74) is 1.52. The van der Waals surface area contributed by atoms with Gasteiger partial charge in [0.2, 0.25) is 0 Å². The van der Waals surface area contributed by atoms with E-state index in [0.717, 1.165) is 5.56 Å². The topological polar surface area (TPSA) is 77.5 Å². The summed E-state index contributed by atoms with van der Waals surface area (Å²) in [5, 5.41) is 15.1. The first-order valence-corrected chi connectivity index (χ1v) is 6.45. The Hall–Kier alpha value is -2.47. The number of aryl methyl sites for hydroxylation is 2. The second-order valence-corrected chi connectivity index (χ2v) is 4.94. The number of nitrogens with zero attached hydrogens (tertiary/aromatic N) is 3. The van der Waals surface area contributed by atoms with Gasteiger partial charge in [-0.25, -0.2) is 4.68 Å². The van der Waals surface area contributed by atoms with Crippen molar-refractivity contribution in [3.05, 3.63) is 72.6 Å². The van der Waals surface area contributed by atoms with Gasteiger partial charge in [0.15, 0.2) is 0 Å². The summed E-state index contributed by atoms with van der Waals surface area (Å²) in [4.78, 5) is 22.1. The number of aromatic nitrogens is 1. The minimum absolute atomic E-state index is 0.0891. The number of benzene rings is 1. The van der Waals surface area contributed by atoms with Crippen LogP contribution in [0.25, 0.3) is 0 Å². The second-order valence-electron chi connectivity index (χ2n) is 4.53. The van der Waals surface area contributed by atoms with Gasteiger partial charge in [0.05, 0.1) is 11.1 Å². The quantitative estimate of drug-likeness (QED) is 0.497. The van der Waals surface area contributed by atoms with Crippen LogP contribution in [-0.4, -0.2) is 15.8 Å². The van der Waals surface area contributed by atoms with Gasteiger partial charge in [0, 0.05) is 34.5 Å². The number of halogens is 1. The van der Waals surface area contributed by atoms with Crippen molar-refractivity contribution in [2.24, 2.45) is 5.10 Å². The van der Waals surface area contributed by atoms with E-state index < -0.39 is 4.92 Å². The molecule has 0 bridgehead atoms. The average Bonchev–Trinajstić information content (AvgIpc) is 2.39. The predicted molar refractivity (Wildman–Crippen MR) is 81.3 cm³/mol. The van der Waals surface area contributed by atoms with Crippen molar-refractivity contribution in [2.75, 3.05) is 0 Å². The third-order valence-corrected chi connectivity index (χ3v) is 3.18. The molecule has 0 aliphatic carbocycles. The highest BCUT2D eigenvalue weighted by Gasteiger charge is 2.08. The highest BCUT2D eigenvalue weighted by atomic mass is 35.5. The molecule has 0 saturated carbocycles. The zero-order chi connectivity index (χ0) is 15.6. The Morgan fingerprint density at radius 1 is 1.29 bits per heavy atom. The molecule has 1 aromatic carbocycles. The highest BCUT2D eigenvalue weighted by molar-refractivity contribution is 6.33. The smallest absolute Gasteiger partial charge is 0.267 e. The maximum Gasteiger partial charge on any atom is 0.271 e. The molecule has 0 radical (unpaired) electrons. The maximum atomic E-state index is 11.9. The minimum atomic E-state index is -0.517. The SMILES string of the molecule is Cc1cc(C)n(/N=C/c2cc([N+](=O)[O-])ccc2Cl)c(=O)c1. The molecule has 0 atom stereocenters. The van der Waals surface area contributed by atoms with Crippen LogP contribution in [0.2, 0.25) is 5.02 Å². The fourth-order valence-electron chi connectivity index (χ4n) is 1.87. The fourth-order valence-corrected chi connectivity index (χ4v) is 2.04. The first kappa shape index (κ1) is 14.9. The van der Waals surface area contributed by atoms with E-state index >= 15 is 0 Å². The summed E-state index contributed by atoms with van der Waals surface area (Å²) < 4.78 is 1.21. The number of nitro benzene ring substituents is 1. The first-order chi connectivity index (χ1) is 9.88. The molecular weight excluding hydrogens is 294 g/mol. The van der Waals surface area contributed by atoms with Crippen LogP contribution in [0, 0.1) is 24.0 Å². The van der Waals surface area contributed by atoms with Crippen LogP contribution in [-0.2, 0) is 0 Å². The number of nitro groups is 1. The monoisotopic (exact) mass is 305 g/mol. The van der Waals surface area contributed by atoms with E-state index in [0.29, 0.717) is 16.3 Å². The molecule has 0 N–H and O–H groups in total. The van der Waals surface area contributed by atoms with Crippen molar-refractivity contribution >= 4 is 23.5 Å². The molecule has 0 aliphatic rings. The molecule has 108 valence electrons. The van der Waals surface area contributed by atoms with Crippen molar-refractivity contribution in [3.8, 4) is 0 Å². The second kappa shape index (κ2) is 5.88. The average molecular weight is 306 g/mol. The number of hydrogen-bond acceptors (Lipinski definition) is 4. The Morgan fingerprint density at radius 3 is 2.62 bits per heavy atom. The maximum absolute atomic E-state index is 11.9. The van der Waals surface area contributed by atoms with Gasteiger partial charge in [-0.2, -0.15) is 5.10 Å². The van der Waals surface area contributed by atoms with Crippen molar-refractivity contribution in [2.45, 2.75) is 13.8 Å². The van der Waals surface area contributed by atoms with Gasteiger partial charge in [-0.05, 0) is 31.5 Å². The number of hydrogen-bond donors (Lipinski definition) is 0. The minimum Gasteiger partial charge on any atom is -0.267 e. The molecule has 0 unspecified atom stereocenters. The van der Waals surface area contributed by atoms with Gasteiger partial charge in [-0.15, -0.1) is 0 Å². The zero-order valence-electron chi connectivity index (χ0n) is 11.4. The fraction of sp³-hybridized carbons (Fsp3) is 0.143. The highest BCUT2D eigenvalue weighted by Crippen LogP contribution is 2.20. The molecule has 21 heavy (non-hydrogen) atoms. The standard InChI is InChI=1S/C14H12ClN3O3/c1-9-5-10(2)17(14(19)6-9)16-8-11-7-12(18(20)21)3-4-13(11)15/h3-8H,1-2H3/b16-8+. The van der Waals surface area contributed by atoms with E-state index in [9.17, 15) is 14.9 Å². The lowest BCUT2D eigenvalue weighted by molar-refractivity contribution is -0.384. The van der Waals surface area contributed by atoms with Crippen molar-refractivity contribution in [1.29, 1.82) is 0 Å². The summed E-state index contributed by atoms with van der Waals surface area (Å²) in [5.74, 6) is 0. The van der Waals surface area contributed by atoms with Gasteiger partial charge in [-0.3, -0.25) is 14.9 Å².